The molecule has 0 amide bonds. The Morgan fingerprint density at radius 3 is 2.62 bits per heavy atom. The third-order valence-corrected chi connectivity index (χ3v) is 6.49. The molecule has 0 bridgehead atoms. The van der Waals surface area contributed by atoms with Crippen molar-refractivity contribution in [3.8, 4) is 17.2 Å². The summed E-state index contributed by atoms with van der Waals surface area (Å²) in [5.74, 6) is 3.46. The van der Waals surface area contributed by atoms with Gasteiger partial charge in [-0.3, -0.25) is 4.90 Å². The predicted octanol–water partition coefficient (Wildman–Crippen LogP) is 3.76. The molecule has 2 aliphatic heterocycles. The van der Waals surface area contributed by atoms with Crippen molar-refractivity contribution in [2.24, 2.45) is 11.8 Å². The van der Waals surface area contributed by atoms with Gasteiger partial charge in [0, 0.05) is 24.7 Å². The number of aliphatic hydroxyl groups excluding tert-OH is 1. The lowest BCUT2D eigenvalue weighted by Crippen LogP contribution is -2.42. The van der Waals surface area contributed by atoms with Crippen molar-refractivity contribution in [3.05, 3.63) is 53.1 Å². The van der Waals surface area contributed by atoms with Crippen molar-refractivity contribution in [3.63, 3.8) is 0 Å². The zero-order valence-corrected chi connectivity index (χ0v) is 17.1. The standard InChI is InChI=1S/C23H26ClNO4/c24-18-2-1-3-19(11-18)29-22-10-17-14-25(13-16(17)9-20(22)26)12-15-4-5-21-23(8-15)28-7-6-27-21/h1-5,8,11,16-17,20,22,26H,6-7,9-10,12-14H2/t16-,17+,20+,22+/m0/s1. The number of fused-ring (bicyclic) bond motifs is 2. The van der Waals surface area contributed by atoms with E-state index in [1.165, 1.54) is 5.56 Å². The van der Waals surface area contributed by atoms with E-state index < -0.39 is 6.10 Å². The maximum atomic E-state index is 10.6. The van der Waals surface area contributed by atoms with Gasteiger partial charge in [-0.2, -0.15) is 0 Å². The maximum Gasteiger partial charge on any atom is 0.161 e. The van der Waals surface area contributed by atoms with Crippen molar-refractivity contribution < 1.29 is 19.3 Å². The first-order chi connectivity index (χ1) is 14.1. The first-order valence-corrected chi connectivity index (χ1v) is 10.7. The van der Waals surface area contributed by atoms with E-state index in [0.717, 1.165) is 49.7 Å². The van der Waals surface area contributed by atoms with Gasteiger partial charge >= 0.3 is 0 Å². The molecule has 1 saturated heterocycles. The van der Waals surface area contributed by atoms with Gasteiger partial charge in [0.1, 0.15) is 25.1 Å². The van der Waals surface area contributed by atoms with Crippen molar-refractivity contribution in [1.82, 2.24) is 4.90 Å². The van der Waals surface area contributed by atoms with Crippen molar-refractivity contribution >= 4 is 11.6 Å². The van der Waals surface area contributed by atoms with Gasteiger partial charge in [0.25, 0.3) is 0 Å². The fraction of sp³-hybridized carbons (Fsp3) is 0.478. The highest BCUT2D eigenvalue weighted by molar-refractivity contribution is 6.30. The van der Waals surface area contributed by atoms with E-state index in [2.05, 4.69) is 17.0 Å². The molecule has 1 aliphatic carbocycles. The number of ether oxygens (including phenoxy) is 3. The number of aliphatic hydroxyl groups is 1. The normalized spacial score (nSPS) is 28.8. The minimum Gasteiger partial charge on any atom is -0.488 e. The molecule has 0 spiro atoms. The van der Waals surface area contributed by atoms with E-state index in [1.54, 1.807) is 0 Å². The van der Waals surface area contributed by atoms with Gasteiger partial charge in [0.15, 0.2) is 11.5 Å². The van der Waals surface area contributed by atoms with E-state index in [1.807, 2.05) is 30.3 Å². The monoisotopic (exact) mass is 415 g/mol. The lowest BCUT2D eigenvalue weighted by Gasteiger charge is -2.35. The second-order valence-corrected chi connectivity index (χ2v) is 8.78. The molecule has 0 radical (unpaired) electrons. The number of hydrogen-bond donors (Lipinski definition) is 1. The molecule has 2 aromatic carbocycles. The summed E-state index contributed by atoms with van der Waals surface area (Å²) in [5.41, 5.74) is 1.24. The molecule has 2 aromatic rings. The van der Waals surface area contributed by atoms with E-state index in [0.29, 0.717) is 30.1 Å². The molecule has 2 heterocycles. The van der Waals surface area contributed by atoms with Gasteiger partial charge < -0.3 is 19.3 Å². The predicted molar refractivity (Wildman–Crippen MR) is 111 cm³/mol. The summed E-state index contributed by atoms with van der Waals surface area (Å²) in [7, 11) is 0. The van der Waals surface area contributed by atoms with Crippen LogP contribution in [-0.2, 0) is 6.54 Å². The van der Waals surface area contributed by atoms with E-state index in [9.17, 15) is 5.11 Å². The Hall–Kier alpha value is -1.95. The van der Waals surface area contributed by atoms with E-state index in [-0.39, 0.29) is 6.10 Å². The number of hydrogen-bond acceptors (Lipinski definition) is 5. The van der Waals surface area contributed by atoms with Crippen LogP contribution in [0, 0.1) is 11.8 Å². The zero-order valence-electron chi connectivity index (χ0n) is 16.3. The average molecular weight is 416 g/mol. The van der Waals surface area contributed by atoms with Gasteiger partial charge in [0.05, 0.1) is 6.10 Å². The Morgan fingerprint density at radius 2 is 1.79 bits per heavy atom. The zero-order chi connectivity index (χ0) is 19.8. The quantitative estimate of drug-likeness (QED) is 0.823. The second kappa shape index (κ2) is 8.05. The third-order valence-electron chi connectivity index (χ3n) is 6.26. The van der Waals surface area contributed by atoms with E-state index >= 15 is 0 Å². The van der Waals surface area contributed by atoms with Gasteiger partial charge in [-0.1, -0.05) is 23.7 Å². The molecule has 4 atom stereocenters. The molecule has 0 aromatic heterocycles. The van der Waals surface area contributed by atoms with E-state index in [4.69, 9.17) is 25.8 Å². The van der Waals surface area contributed by atoms with Crippen LogP contribution in [0.15, 0.2) is 42.5 Å². The number of benzene rings is 2. The smallest absolute Gasteiger partial charge is 0.161 e. The Morgan fingerprint density at radius 1 is 1.00 bits per heavy atom. The SMILES string of the molecule is O[C@@H]1C[C@H]2CN(Cc3ccc4c(c3)OCCO4)C[C@H]2C[C@H]1Oc1cccc(Cl)c1. The van der Waals surface area contributed by atoms with Crippen molar-refractivity contribution in [2.45, 2.75) is 31.6 Å². The first kappa shape index (κ1) is 19.0. The van der Waals surface area contributed by atoms with Crippen LogP contribution in [-0.4, -0.2) is 48.5 Å². The minimum absolute atomic E-state index is 0.177. The summed E-state index contributed by atoms with van der Waals surface area (Å²) < 4.78 is 17.4. The number of rotatable bonds is 4. The fourth-order valence-electron chi connectivity index (χ4n) is 4.90. The Labute approximate surface area is 176 Å². The maximum absolute atomic E-state index is 10.6. The second-order valence-electron chi connectivity index (χ2n) is 8.34. The lowest BCUT2D eigenvalue weighted by molar-refractivity contribution is -0.0231. The van der Waals surface area contributed by atoms with Gasteiger partial charge in [-0.05, 0) is 60.6 Å². The number of likely N-dealkylation sites (tertiary alicyclic amines) is 1. The molecular weight excluding hydrogens is 390 g/mol. The summed E-state index contributed by atoms with van der Waals surface area (Å²) in [6.07, 6.45) is 1.04. The molecule has 3 aliphatic rings. The van der Waals surface area contributed by atoms with Gasteiger partial charge in [0.2, 0.25) is 0 Å². The van der Waals surface area contributed by atoms with Crippen LogP contribution in [0.25, 0.3) is 0 Å². The first-order valence-electron chi connectivity index (χ1n) is 10.4. The third kappa shape index (κ3) is 4.18. The molecule has 2 fully saturated rings. The van der Waals surface area contributed by atoms with Gasteiger partial charge in [-0.25, -0.2) is 0 Å². The molecule has 0 unspecified atom stereocenters. The fourth-order valence-corrected chi connectivity index (χ4v) is 5.08. The van der Waals surface area contributed by atoms with Crippen LogP contribution >= 0.6 is 11.6 Å². The highest BCUT2D eigenvalue weighted by atomic mass is 35.5. The Balaban J connectivity index is 1.22. The van der Waals surface area contributed by atoms with Crippen molar-refractivity contribution in [2.75, 3.05) is 26.3 Å². The molecule has 1 N–H and O–H groups in total. The highest BCUT2D eigenvalue weighted by Crippen LogP contribution is 2.39. The topological polar surface area (TPSA) is 51.2 Å². The Kier molecular flexibility index (Phi) is 5.29. The molecule has 154 valence electrons. The average Bonchev–Trinajstić information content (AvgIpc) is 3.09. The van der Waals surface area contributed by atoms with Crippen LogP contribution in [0.4, 0.5) is 0 Å². The summed E-state index contributed by atoms with van der Waals surface area (Å²) in [5, 5.41) is 11.3. The summed E-state index contributed by atoms with van der Waals surface area (Å²) >= 11 is 6.06. The minimum atomic E-state index is -0.440. The highest BCUT2D eigenvalue weighted by Gasteiger charge is 2.42. The summed E-state index contributed by atoms with van der Waals surface area (Å²) in [6.45, 7) is 4.15. The van der Waals surface area contributed by atoms with Crippen LogP contribution in [0.1, 0.15) is 18.4 Å². The molecular formula is C23H26ClNO4. The van der Waals surface area contributed by atoms with Crippen LogP contribution in [0.2, 0.25) is 5.02 Å². The molecule has 5 nitrogen and oxygen atoms in total. The largest absolute Gasteiger partial charge is 0.488 e. The Bertz CT molecular complexity index is 876. The van der Waals surface area contributed by atoms with Gasteiger partial charge in [-0.15, -0.1) is 0 Å². The van der Waals surface area contributed by atoms with Crippen LogP contribution in [0.3, 0.4) is 0 Å². The molecule has 29 heavy (non-hydrogen) atoms. The molecule has 1 saturated carbocycles. The van der Waals surface area contributed by atoms with Crippen LogP contribution < -0.4 is 14.2 Å². The summed E-state index contributed by atoms with van der Waals surface area (Å²) in [6, 6.07) is 13.6. The van der Waals surface area contributed by atoms with Crippen molar-refractivity contribution in [1.29, 1.82) is 0 Å². The number of halogens is 1. The van der Waals surface area contributed by atoms with Crippen LogP contribution in [0.5, 0.6) is 17.2 Å². The summed E-state index contributed by atoms with van der Waals surface area (Å²) in [4.78, 5) is 2.48. The lowest BCUT2D eigenvalue weighted by atomic mass is 9.78. The molecule has 5 rings (SSSR count). The molecule has 6 heteroatoms. The number of nitrogens with zero attached hydrogens (tertiary/aromatic N) is 1.